The molecule has 154 valence electrons. The van der Waals surface area contributed by atoms with Crippen LogP contribution in [-0.2, 0) is 6.54 Å². The summed E-state index contributed by atoms with van der Waals surface area (Å²) in [6.45, 7) is 2.30. The molecular formula is C22H19ClFN3O2S. The Morgan fingerprint density at radius 3 is 2.73 bits per heavy atom. The van der Waals surface area contributed by atoms with Gasteiger partial charge < -0.3 is 10.2 Å². The predicted molar refractivity (Wildman–Crippen MR) is 116 cm³/mol. The zero-order valence-electron chi connectivity index (χ0n) is 16.2. The van der Waals surface area contributed by atoms with Crippen molar-refractivity contribution in [3.05, 3.63) is 81.2 Å². The summed E-state index contributed by atoms with van der Waals surface area (Å²) < 4.78 is 13.2. The number of halogens is 2. The van der Waals surface area contributed by atoms with Gasteiger partial charge in [0.2, 0.25) is 0 Å². The van der Waals surface area contributed by atoms with E-state index in [4.69, 9.17) is 11.6 Å². The number of pyridine rings is 1. The minimum absolute atomic E-state index is 0.0346. The Balaban J connectivity index is 1.52. The summed E-state index contributed by atoms with van der Waals surface area (Å²) in [4.78, 5) is 32.5. The van der Waals surface area contributed by atoms with E-state index >= 15 is 0 Å². The third-order valence-electron chi connectivity index (χ3n) is 4.83. The van der Waals surface area contributed by atoms with Crippen LogP contribution in [0.4, 0.5) is 9.39 Å². The Bertz CT molecular complexity index is 1100. The van der Waals surface area contributed by atoms with Crippen LogP contribution in [0.1, 0.15) is 44.1 Å². The summed E-state index contributed by atoms with van der Waals surface area (Å²) in [6.07, 6.45) is 3.68. The summed E-state index contributed by atoms with van der Waals surface area (Å²) in [6, 6.07) is 11.2. The van der Waals surface area contributed by atoms with Gasteiger partial charge in [-0.2, -0.15) is 0 Å². The lowest BCUT2D eigenvalue weighted by atomic mass is 10.2. The number of aryl methyl sites for hydroxylation is 1. The molecule has 30 heavy (non-hydrogen) atoms. The second-order valence-electron chi connectivity index (χ2n) is 7.19. The number of hydrogen-bond acceptors (Lipinski definition) is 4. The number of carbonyl (C=O) groups excluding carboxylic acids is 2. The van der Waals surface area contributed by atoms with Crippen LogP contribution < -0.4 is 5.32 Å². The molecule has 3 aromatic rings. The molecule has 1 aliphatic carbocycles. The first kappa shape index (κ1) is 20.5. The van der Waals surface area contributed by atoms with E-state index in [1.807, 2.05) is 30.0 Å². The first-order chi connectivity index (χ1) is 14.4. The molecule has 1 fully saturated rings. The van der Waals surface area contributed by atoms with Crippen molar-refractivity contribution >= 4 is 39.8 Å². The van der Waals surface area contributed by atoms with Crippen LogP contribution in [0.3, 0.4) is 0 Å². The Morgan fingerprint density at radius 1 is 1.27 bits per heavy atom. The van der Waals surface area contributed by atoms with Crippen molar-refractivity contribution < 1.29 is 14.0 Å². The summed E-state index contributed by atoms with van der Waals surface area (Å²) in [7, 11) is 0. The highest BCUT2D eigenvalue weighted by atomic mass is 35.5. The maximum atomic E-state index is 13.2. The fourth-order valence-electron chi connectivity index (χ4n) is 3.16. The number of hydrogen-bond donors (Lipinski definition) is 1. The standard InChI is InChI=1S/C22H19ClFN3O2S/c1-13-10-19(26-21(28)17-8-5-14(24)11-18(17)23)30-20(13)22(29)27(16-6-7-16)12-15-4-2-3-9-25-15/h2-5,8-11,16H,6-7,12H2,1H3,(H,26,28). The van der Waals surface area contributed by atoms with E-state index in [9.17, 15) is 14.0 Å². The number of anilines is 1. The van der Waals surface area contributed by atoms with Crippen molar-refractivity contribution in [1.82, 2.24) is 9.88 Å². The molecule has 2 aromatic heterocycles. The molecule has 2 amide bonds. The normalized spacial score (nSPS) is 13.2. The molecule has 5 nitrogen and oxygen atoms in total. The van der Waals surface area contributed by atoms with Gasteiger partial charge in [0.15, 0.2) is 0 Å². The summed E-state index contributed by atoms with van der Waals surface area (Å²) >= 11 is 7.20. The third-order valence-corrected chi connectivity index (χ3v) is 6.28. The highest BCUT2D eigenvalue weighted by Crippen LogP contribution is 2.34. The minimum Gasteiger partial charge on any atom is -0.329 e. The molecule has 2 heterocycles. The number of thiophene rings is 1. The predicted octanol–water partition coefficient (Wildman–Crippen LogP) is 5.30. The molecule has 1 aromatic carbocycles. The van der Waals surface area contributed by atoms with Gasteiger partial charge >= 0.3 is 0 Å². The van der Waals surface area contributed by atoms with Crippen molar-refractivity contribution in [3.63, 3.8) is 0 Å². The van der Waals surface area contributed by atoms with Crippen molar-refractivity contribution in [3.8, 4) is 0 Å². The molecule has 1 aliphatic rings. The lowest BCUT2D eigenvalue weighted by Crippen LogP contribution is -2.32. The van der Waals surface area contributed by atoms with E-state index < -0.39 is 11.7 Å². The highest BCUT2D eigenvalue weighted by molar-refractivity contribution is 7.18. The van der Waals surface area contributed by atoms with Crippen LogP contribution >= 0.6 is 22.9 Å². The smallest absolute Gasteiger partial charge is 0.264 e. The third kappa shape index (κ3) is 4.52. The number of aromatic nitrogens is 1. The SMILES string of the molecule is Cc1cc(NC(=O)c2ccc(F)cc2Cl)sc1C(=O)N(Cc1ccccn1)C1CC1. The fourth-order valence-corrected chi connectivity index (χ4v) is 4.44. The van der Waals surface area contributed by atoms with Gasteiger partial charge in [0.1, 0.15) is 5.82 Å². The lowest BCUT2D eigenvalue weighted by Gasteiger charge is -2.21. The number of amides is 2. The van der Waals surface area contributed by atoms with Crippen LogP contribution in [0.5, 0.6) is 0 Å². The molecule has 0 spiro atoms. The number of nitrogens with zero attached hydrogens (tertiary/aromatic N) is 2. The molecular weight excluding hydrogens is 425 g/mol. The van der Waals surface area contributed by atoms with Gasteiger partial charge in [0, 0.05) is 12.2 Å². The Morgan fingerprint density at radius 2 is 2.07 bits per heavy atom. The number of benzene rings is 1. The molecule has 4 rings (SSSR count). The molecule has 1 saturated carbocycles. The van der Waals surface area contributed by atoms with Gasteiger partial charge in [-0.3, -0.25) is 14.6 Å². The van der Waals surface area contributed by atoms with Gasteiger partial charge in [-0.05, 0) is 61.7 Å². The van der Waals surface area contributed by atoms with Crippen molar-refractivity contribution in [1.29, 1.82) is 0 Å². The Hall–Kier alpha value is -2.77. The maximum absolute atomic E-state index is 13.2. The van der Waals surface area contributed by atoms with Gasteiger partial charge in [-0.15, -0.1) is 11.3 Å². The average Bonchev–Trinajstić information content (AvgIpc) is 3.49. The van der Waals surface area contributed by atoms with E-state index in [0.717, 1.165) is 30.2 Å². The van der Waals surface area contributed by atoms with E-state index in [0.29, 0.717) is 16.4 Å². The fraction of sp³-hybridized carbons (Fsp3) is 0.227. The van der Waals surface area contributed by atoms with Crippen LogP contribution in [0.15, 0.2) is 48.7 Å². The monoisotopic (exact) mass is 443 g/mol. The molecule has 0 bridgehead atoms. The minimum atomic E-state index is -0.510. The molecule has 8 heteroatoms. The van der Waals surface area contributed by atoms with Crippen LogP contribution in [0, 0.1) is 12.7 Å². The summed E-state index contributed by atoms with van der Waals surface area (Å²) in [5.41, 5.74) is 1.80. The molecule has 1 N–H and O–H groups in total. The van der Waals surface area contributed by atoms with Crippen LogP contribution in [0.2, 0.25) is 5.02 Å². The molecule has 0 unspecified atom stereocenters. The first-order valence-electron chi connectivity index (χ1n) is 9.50. The van der Waals surface area contributed by atoms with Gasteiger partial charge in [-0.1, -0.05) is 17.7 Å². The number of rotatable bonds is 6. The van der Waals surface area contributed by atoms with Gasteiger partial charge in [-0.25, -0.2) is 4.39 Å². The molecule has 0 atom stereocenters. The Kier molecular flexibility index (Phi) is 5.83. The number of nitrogens with one attached hydrogen (secondary N) is 1. The second-order valence-corrected chi connectivity index (χ2v) is 8.65. The second kappa shape index (κ2) is 8.53. The van der Waals surface area contributed by atoms with Gasteiger partial charge in [0.05, 0.1) is 32.7 Å². The first-order valence-corrected chi connectivity index (χ1v) is 10.7. The quantitative estimate of drug-likeness (QED) is 0.562. The van der Waals surface area contributed by atoms with Crippen LogP contribution in [0.25, 0.3) is 0 Å². The topological polar surface area (TPSA) is 62.3 Å². The van der Waals surface area contributed by atoms with E-state index in [-0.39, 0.29) is 22.5 Å². The van der Waals surface area contributed by atoms with E-state index in [1.54, 1.807) is 12.3 Å². The Labute approximate surface area is 182 Å². The summed E-state index contributed by atoms with van der Waals surface area (Å²) in [5, 5.41) is 3.33. The molecule has 0 aliphatic heterocycles. The van der Waals surface area contributed by atoms with Gasteiger partial charge in [0.25, 0.3) is 11.8 Å². The highest BCUT2D eigenvalue weighted by Gasteiger charge is 2.34. The molecule has 0 radical (unpaired) electrons. The lowest BCUT2D eigenvalue weighted by molar-refractivity contribution is 0.0732. The van der Waals surface area contributed by atoms with E-state index in [1.165, 1.54) is 23.5 Å². The van der Waals surface area contributed by atoms with Crippen LogP contribution in [-0.4, -0.2) is 27.7 Å². The summed E-state index contributed by atoms with van der Waals surface area (Å²) in [5.74, 6) is -1.02. The zero-order valence-corrected chi connectivity index (χ0v) is 17.8. The van der Waals surface area contributed by atoms with Crippen molar-refractivity contribution in [2.75, 3.05) is 5.32 Å². The zero-order chi connectivity index (χ0) is 21.3. The maximum Gasteiger partial charge on any atom is 0.264 e. The van der Waals surface area contributed by atoms with E-state index in [2.05, 4.69) is 10.3 Å². The average molecular weight is 444 g/mol. The molecule has 0 saturated heterocycles. The van der Waals surface area contributed by atoms with Crippen molar-refractivity contribution in [2.24, 2.45) is 0 Å². The largest absolute Gasteiger partial charge is 0.329 e. The number of carbonyl (C=O) groups is 2. The van der Waals surface area contributed by atoms with Crippen molar-refractivity contribution in [2.45, 2.75) is 32.4 Å².